The van der Waals surface area contributed by atoms with Gasteiger partial charge in [-0.2, -0.15) is 0 Å². The van der Waals surface area contributed by atoms with Crippen LogP contribution in [0.25, 0.3) is 0 Å². The summed E-state index contributed by atoms with van der Waals surface area (Å²) >= 11 is 0. The minimum atomic E-state index is 0.377. The third-order valence-electron chi connectivity index (χ3n) is 7.16. The van der Waals surface area contributed by atoms with Crippen LogP contribution in [-0.2, 0) is 0 Å². The minimum absolute atomic E-state index is 0.377. The van der Waals surface area contributed by atoms with Crippen molar-refractivity contribution >= 4 is 0 Å². The van der Waals surface area contributed by atoms with Gasteiger partial charge in [-0.3, -0.25) is 4.90 Å². The molecule has 2 atom stereocenters. The van der Waals surface area contributed by atoms with Crippen LogP contribution in [-0.4, -0.2) is 31.7 Å². The summed E-state index contributed by atoms with van der Waals surface area (Å²) in [5.41, 5.74) is 4.14. The Morgan fingerprint density at radius 3 is 2.00 bits per heavy atom. The normalized spacial score (nSPS) is 17.6. The fourth-order valence-electron chi connectivity index (χ4n) is 5.52. The smallest absolute Gasteiger partial charge is 0.161 e. The van der Waals surface area contributed by atoms with Crippen LogP contribution in [0.2, 0.25) is 0 Å². The Morgan fingerprint density at radius 2 is 1.42 bits per heavy atom. The molecule has 0 aliphatic carbocycles. The van der Waals surface area contributed by atoms with Crippen LogP contribution in [0.5, 0.6) is 11.5 Å². The van der Waals surface area contributed by atoms with Crippen LogP contribution in [0.4, 0.5) is 0 Å². The molecule has 0 amide bonds. The predicted octanol–water partition coefficient (Wildman–Crippen LogP) is 7.23. The summed E-state index contributed by atoms with van der Waals surface area (Å²) in [7, 11) is 3.42. The molecule has 1 heterocycles. The second kappa shape index (κ2) is 11.4. The Morgan fingerprint density at radius 1 is 0.788 bits per heavy atom. The Kier molecular flexibility index (Phi) is 8.06. The van der Waals surface area contributed by atoms with Gasteiger partial charge in [0.1, 0.15) is 0 Å². The summed E-state index contributed by atoms with van der Waals surface area (Å²) in [4.78, 5) is 2.77. The molecule has 3 aromatic carbocycles. The fraction of sp³-hybridized carbons (Fsp3) is 0.400. The lowest BCUT2D eigenvalue weighted by Crippen LogP contribution is -2.42. The maximum Gasteiger partial charge on any atom is 0.161 e. The maximum absolute atomic E-state index is 5.62. The first-order valence-electron chi connectivity index (χ1n) is 12.3. The van der Waals surface area contributed by atoms with E-state index < -0.39 is 0 Å². The molecule has 0 aromatic heterocycles. The van der Waals surface area contributed by atoms with Crippen molar-refractivity contribution in [2.75, 3.05) is 20.8 Å². The van der Waals surface area contributed by atoms with Crippen molar-refractivity contribution in [3.63, 3.8) is 0 Å². The topological polar surface area (TPSA) is 21.7 Å². The third-order valence-corrected chi connectivity index (χ3v) is 7.16. The largest absolute Gasteiger partial charge is 0.493 e. The van der Waals surface area contributed by atoms with Crippen LogP contribution >= 0.6 is 0 Å². The lowest BCUT2D eigenvalue weighted by Gasteiger charge is -2.43. The van der Waals surface area contributed by atoms with E-state index in [2.05, 4.69) is 84.6 Å². The van der Waals surface area contributed by atoms with E-state index in [4.69, 9.17) is 9.47 Å². The standard InChI is InChI=1S/C30H37NO2/c1-4-28(25-18-19-29(32-2)30(21-25)33-3)31-20-12-11-17-26(31)22-27(23-13-7-5-8-14-23)24-15-9-6-10-16-24/h5-10,13-16,18-19,21,26-28H,4,11-12,17,20,22H2,1-3H3. The second-order valence-electron chi connectivity index (χ2n) is 9.04. The van der Waals surface area contributed by atoms with E-state index in [1.807, 2.05) is 6.07 Å². The molecule has 33 heavy (non-hydrogen) atoms. The number of hydrogen-bond donors (Lipinski definition) is 0. The van der Waals surface area contributed by atoms with Crippen LogP contribution in [0.1, 0.15) is 67.7 Å². The number of rotatable bonds is 9. The Balaban J connectivity index is 1.64. The van der Waals surface area contributed by atoms with Crippen molar-refractivity contribution in [3.8, 4) is 11.5 Å². The fourth-order valence-corrected chi connectivity index (χ4v) is 5.52. The number of likely N-dealkylation sites (tertiary alicyclic amines) is 1. The summed E-state index contributed by atoms with van der Waals surface area (Å²) < 4.78 is 11.1. The molecule has 2 unspecified atom stereocenters. The molecule has 0 radical (unpaired) electrons. The van der Waals surface area contributed by atoms with Crippen LogP contribution in [0.15, 0.2) is 78.9 Å². The number of hydrogen-bond acceptors (Lipinski definition) is 3. The SMILES string of the molecule is CCC(c1ccc(OC)c(OC)c1)N1CCCCC1CC(c1ccccc1)c1ccccc1. The maximum atomic E-state index is 5.62. The molecule has 1 aliphatic rings. The molecule has 174 valence electrons. The first kappa shape index (κ1) is 23.4. The van der Waals surface area contributed by atoms with E-state index in [-0.39, 0.29) is 0 Å². The predicted molar refractivity (Wildman–Crippen MR) is 136 cm³/mol. The molecule has 0 bridgehead atoms. The van der Waals surface area contributed by atoms with Gasteiger partial charge >= 0.3 is 0 Å². The number of benzene rings is 3. The van der Waals surface area contributed by atoms with Gasteiger partial charge in [0, 0.05) is 18.0 Å². The summed E-state index contributed by atoms with van der Waals surface area (Å²) in [6, 6.07) is 29.4. The molecule has 0 spiro atoms. The van der Waals surface area contributed by atoms with Gasteiger partial charge in [-0.15, -0.1) is 0 Å². The first-order chi connectivity index (χ1) is 16.2. The molecule has 3 aromatic rings. The number of methoxy groups -OCH3 is 2. The van der Waals surface area contributed by atoms with Gasteiger partial charge in [0.15, 0.2) is 11.5 Å². The van der Waals surface area contributed by atoms with Crippen molar-refractivity contribution < 1.29 is 9.47 Å². The Hall–Kier alpha value is -2.78. The molecule has 3 heteroatoms. The quantitative estimate of drug-likeness (QED) is 0.348. The Bertz CT molecular complexity index is 949. The average Bonchev–Trinajstić information content (AvgIpc) is 2.89. The zero-order valence-electron chi connectivity index (χ0n) is 20.2. The monoisotopic (exact) mass is 443 g/mol. The second-order valence-corrected chi connectivity index (χ2v) is 9.04. The Labute approximate surface area is 199 Å². The summed E-state index contributed by atoms with van der Waals surface area (Å²) in [5, 5.41) is 0. The number of ether oxygens (including phenoxy) is 2. The molecule has 4 rings (SSSR count). The zero-order valence-corrected chi connectivity index (χ0v) is 20.2. The van der Waals surface area contributed by atoms with E-state index in [1.54, 1.807) is 14.2 Å². The molecule has 0 N–H and O–H groups in total. The van der Waals surface area contributed by atoms with Gasteiger partial charge in [-0.1, -0.05) is 80.1 Å². The summed E-state index contributed by atoms with van der Waals surface area (Å²) in [6.07, 6.45) is 6.03. The lowest BCUT2D eigenvalue weighted by atomic mass is 9.82. The molecular weight excluding hydrogens is 406 g/mol. The average molecular weight is 444 g/mol. The van der Waals surface area contributed by atoms with E-state index >= 15 is 0 Å². The molecule has 0 saturated carbocycles. The van der Waals surface area contributed by atoms with Crippen molar-refractivity contribution in [2.45, 2.75) is 57.0 Å². The van der Waals surface area contributed by atoms with Crippen molar-refractivity contribution in [1.29, 1.82) is 0 Å². The van der Waals surface area contributed by atoms with Crippen LogP contribution in [0, 0.1) is 0 Å². The van der Waals surface area contributed by atoms with Gasteiger partial charge in [-0.05, 0) is 61.1 Å². The van der Waals surface area contributed by atoms with Gasteiger partial charge in [0.25, 0.3) is 0 Å². The third kappa shape index (κ3) is 5.42. The van der Waals surface area contributed by atoms with Crippen LogP contribution in [0.3, 0.4) is 0 Å². The lowest BCUT2D eigenvalue weighted by molar-refractivity contribution is 0.0829. The van der Waals surface area contributed by atoms with E-state index in [0.717, 1.165) is 30.9 Å². The number of nitrogens with zero attached hydrogens (tertiary/aromatic N) is 1. The number of piperidine rings is 1. The molecule has 3 nitrogen and oxygen atoms in total. The van der Waals surface area contributed by atoms with E-state index in [0.29, 0.717) is 18.0 Å². The van der Waals surface area contributed by atoms with Gasteiger partial charge in [0.2, 0.25) is 0 Å². The first-order valence-corrected chi connectivity index (χ1v) is 12.3. The van der Waals surface area contributed by atoms with Crippen molar-refractivity contribution in [2.24, 2.45) is 0 Å². The molecule has 1 aliphatic heterocycles. The van der Waals surface area contributed by atoms with E-state index in [1.165, 1.54) is 36.0 Å². The van der Waals surface area contributed by atoms with Gasteiger partial charge in [0.05, 0.1) is 14.2 Å². The van der Waals surface area contributed by atoms with Crippen LogP contribution < -0.4 is 9.47 Å². The zero-order chi connectivity index (χ0) is 23.0. The van der Waals surface area contributed by atoms with E-state index in [9.17, 15) is 0 Å². The van der Waals surface area contributed by atoms with Gasteiger partial charge in [-0.25, -0.2) is 0 Å². The summed E-state index contributed by atoms with van der Waals surface area (Å²) in [5.74, 6) is 2.01. The highest BCUT2D eigenvalue weighted by Gasteiger charge is 2.32. The minimum Gasteiger partial charge on any atom is -0.493 e. The molecule has 1 saturated heterocycles. The summed E-state index contributed by atoms with van der Waals surface area (Å²) in [6.45, 7) is 3.45. The van der Waals surface area contributed by atoms with Crippen molar-refractivity contribution in [3.05, 3.63) is 95.6 Å². The highest BCUT2D eigenvalue weighted by Crippen LogP contribution is 2.39. The van der Waals surface area contributed by atoms with Crippen molar-refractivity contribution in [1.82, 2.24) is 4.90 Å². The van der Waals surface area contributed by atoms with Gasteiger partial charge < -0.3 is 9.47 Å². The molecular formula is C30H37NO2. The highest BCUT2D eigenvalue weighted by molar-refractivity contribution is 5.44. The molecule has 1 fully saturated rings. The highest BCUT2D eigenvalue weighted by atomic mass is 16.5.